The summed E-state index contributed by atoms with van der Waals surface area (Å²) in [5.74, 6) is -2.21. The third-order valence-corrected chi connectivity index (χ3v) is 3.95. The largest absolute Gasteiger partial charge is 0.292 e. The zero-order valence-corrected chi connectivity index (χ0v) is 13.3. The molecule has 0 aliphatic carbocycles. The van der Waals surface area contributed by atoms with Crippen molar-refractivity contribution < 1.29 is 9.18 Å². The van der Waals surface area contributed by atoms with Gasteiger partial charge < -0.3 is 0 Å². The first kappa shape index (κ1) is 14.9. The number of hydrogen-bond acceptors (Lipinski definition) is 2. The van der Waals surface area contributed by atoms with E-state index in [1.165, 1.54) is 12.1 Å². The summed E-state index contributed by atoms with van der Waals surface area (Å²) in [6, 6.07) is 13.2. The maximum absolute atomic E-state index is 13.9. The van der Waals surface area contributed by atoms with Gasteiger partial charge in [-0.25, -0.2) is 4.39 Å². The van der Waals surface area contributed by atoms with Crippen LogP contribution in [0.2, 0.25) is 0 Å². The van der Waals surface area contributed by atoms with Gasteiger partial charge >= 0.3 is 0 Å². The summed E-state index contributed by atoms with van der Waals surface area (Å²) in [5, 5.41) is 9.22. The van der Waals surface area contributed by atoms with E-state index in [9.17, 15) is 14.4 Å². The van der Waals surface area contributed by atoms with E-state index in [0.29, 0.717) is 5.56 Å². The first-order valence-corrected chi connectivity index (χ1v) is 7.26. The Morgan fingerprint density at radius 2 is 1.80 bits per heavy atom. The molecule has 0 bridgehead atoms. The molecule has 0 aliphatic heterocycles. The monoisotopic (exact) mass is 395 g/mol. The molecule has 0 N–H and O–H groups in total. The summed E-state index contributed by atoms with van der Waals surface area (Å²) in [4.78, 5) is 12.3. The van der Waals surface area contributed by atoms with E-state index in [1.54, 1.807) is 30.3 Å². The van der Waals surface area contributed by atoms with E-state index >= 15 is 0 Å². The first-order valence-electron chi connectivity index (χ1n) is 5.68. The number of nitrogens with zero attached hydrogens (tertiary/aromatic N) is 1. The number of hydrogen-bond donors (Lipinski definition) is 0. The number of carbonyl (C=O) groups is 1. The summed E-state index contributed by atoms with van der Waals surface area (Å²) in [7, 11) is 0. The molecule has 0 aliphatic rings. The van der Waals surface area contributed by atoms with Gasteiger partial charge in [0.15, 0.2) is 5.78 Å². The van der Waals surface area contributed by atoms with Gasteiger partial charge in [-0.1, -0.05) is 34.1 Å². The molecule has 0 amide bonds. The fourth-order valence-corrected chi connectivity index (χ4v) is 2.42. The predicted octanol–water partition coefficient (Wildman–Crippen LogP) is 4.84. The standard InChI is InChI=1S/C15H8Br2FNO/c16-10-6-4-9(5-7-10)12(8-19)15(20)11-2-1-3-13(17)14(11)18/h1-7,12H. The molecule has 20 heavy (non-hydrogen) atoms. The minimum atomic E-state index is -1.02. The number of Topliss-reactive ketones (excluding diaryl/α,β-unsaturated/α-hetero) is 1. The Kier molecular flexibility index (Phi) is 4.69. The molecule has 1 unspecified atom stereocenters. The minimum Gasteiger partial charge on any atom is -0.292 e. The van der Waals surface area contributed by atoms with Crippen LogP contribution in [0.4, 0.5) is 4.39 Å². The van der Waals surface area contributed by atoms with Crippen LogP contribution in [-0.2, 0) is 0 Å². The number of nitriles is 1. The molecule has 0 heterocycles. The van der Waals surface area contributed by atoms with Crippen LogP contribution >= 0.6 is 31.9 Å². The average molecular weight is 397 g/mol. The second kappa shape index (κ2) is 6.29. The number of carbonyl (C=O) groups excluding carboxylic acids is 1. The maximum Gasteiger partial charge on any atom is 0.187 e. The zero-order chi connectivity index (χ0) is 14.7. The van der Waals surface area contributed by atoms with Gasteiger partial charge in [0.2, 0.25) is 0 Å². The van der Waals surface area contributed by atoms with Crippen LogP contribution in [0.1, 0.15) is 21.8 Å². The highest BCUT2D eigenvalue weighted by molar-refractivity contribution is 9.10. The SMILES string of the molecule is N#CC(C(=O)c1cccc(Br)c1F)c1ccc(Br)cc1. The van der Waals surface area contributed by atoms with E-state index in [4.69, 9.17) is 0 Å². The quantitative estimate of drug-likeness (QED) is 0.696. The third kappa shape index (κ3) is 2.97. The Balaban J connectivity index is 2.42. The van der Waals surface area contributed by atoms with E-state index in [2.05, 4.69) is 31.9 Å². The van der Waals surface area contributed by atoms with Crippen molar-refractivity contribution in [3.63, 3.8) is 0 Å². The lowest BCUT2D eigenvalue weighted by molar-refractivity contribution is 0.0975. The Morgan fingerprint density at radius 1 is 1.15 bits per heavy atom. The van der Waals surface area contributed by atoms with Crippen LogP contribution in [0.3, 0.4) is 0 Å². The van der Waals surface area contributed by atoms with E-state index in [0.717, 1.165) is 4.47 Å². The minimum absolute atomic E-state index is 0.0890. The van der Waals surface area contributed by atoms with Crippen molar-refractivity contribution in [3.8, 4) is 6.07 Å². The van der Waals surface area contributed by atoms with Crippen molar-refractivity contribution in [2.75, 3.05) is 0 Å². The highest BCUT2D eigenvalue weighted by Crippen LogP contribution is 2.26. The van der Waals surface area contributed by atoms with Crippen LogP contribution in [-0.4, -0.2) is 5.78 Å². The average Bonchev–Trinajstić information content (AvgIpc) is 2.44. The molecule has 5 heteroatoms. The molecule has 2 rings (SSSR count). The lowest BCUT2D eigenvalue weighted by atomic mass is 9.92. The topological polar surface area (TPSA) is 40.9 Å². The Labute approximate surface area is 132 Å². The van der Waals surface area contributed by atoms with E-state index in [1.807, 2.05) is 6.07 Å². The van der Waals surface area contributed by atoms with Gasteiger partial charge in [-0.3, -0.25) is 4.79 Å². The molecule has 2 aromatic rings. The summed E-state index contributed by atoms with van der Waals surface area (Å²) in [6.45, 7) is 0. The molecule has 0 spiro atoms. The van der Waals surface area contributed by atoms with Gasteiger partial charge in [-0.15, -0.1) is 0 Å². The van der Waals surface area contributed by atoms with Gasteiger partial charge in [0.1, 0.15) is 11.7 Å². The number of halogens is 3. The van der Waals surface area contributed by atoms with Gasteiger partial charge in [-0.2, -0.15) is 5.26 Å². The molecular formula is C15H8Br2FNO. The predicted molar refractivity (Wildman–Crippen MR) is 80.9 cm³/mol. The Morgan fingerprint density at radius 3 is 2.40 bits per heavy atom. The molecule has 0 radical (unpaired) electrons. The maximum atomic E-state index is 13.9. The first-order chi connectivity index (χ1) is 9.54. The fraction of sp³-hybridized carbons (Fsp3) is 0.0667. The Bertz CT molecular complexity index is 692. The molecular weight excluding hydrogens is 389 g/mol. The smallest absolute Gasteiger partial charge is 0.187 e. The van der Waals surface area contributed by atoms with E-state index in [-0.39, 0.29) is 10.0 Å². The summed E-state index contributed by atoms with van der Waals surface area (Å²) >= 11 is 6.32. The van der Waals surface area contributed by atoms with Crippen LogP contribution in [0.25, 0.3) is 0 Å². The van der Waals surface area contributed by atoms with Crippen LogP contribution in [0, 0.1) is 17.1 Å². The second-order valence-corrected chi connectivity index (χ2v) is 5.85. The molecule has 100 valence electrons. The molecule has 0 aromatic heterocycles. The van der Waals surface area contributed by atoms with Gasteiger partial charge in [-0.05, 0) is 45.8 Å². The van der Waals surface area contributed by atoms with Crippen LogP contribution < -0.4 is 0 Å². The van der Waals surface area contributed by atoms with Crippen molar-refractivity contribution in [1.82, 2.24) is 0 Å². The lowest BCUT2D eigenvalue weighted by Gasteiger charge is -2.10. The van der Waals surface area contributed by atoms with E-state index < -0.39 is 17.5 Å². The molecule has 2 nitrogen and oxygen atoms in total. The zero-order valence-electron chi connectivity index (χ0n) is 10.1. The second-order valence-electron chi connectivity index (χ2n) is 4.08. The Hall–Kier alpha value is -1.51. The highest BCUT2D eigenvalue weighted by atomic mass is 79.9. The van der Waals surface area contributed by atoms with Crippen LogP contribution in [0.5, 0.6) is 0 Å². The fourth-order valence-electron chi connectivity index (χ4n) is 1.79. The van der Waals surface area contributed by atoms with Crippen LogP contribution in [0.15, 0.2) is 51.4 Å². The van der Waals surface area contributed by atoms with Gasteiger partial charge in [0.05, 0.1) is 16.1 Å². The molecule has 2 aromatic carbocycles. The summed E-state index contributed by atoms with van der Waals surface area (Å²) in [5.41, 5.74) is 0.453. The number of ketones is 1. The molecule has 1 atom stereocenters. The van der Waals surface area contributed by atoms with Crippen molar-refractivity contribution in [1.29, 1.82) is 5.26 Å². The molecule has 0 saturated heterocycles. The van der Waals surface area contributed by atoms with Gasteiger partial charge in [0.25, 0.3) is 0 Å². The molecule has 0 fully saturated rings. The highest BCUT2D eigenvalue weighted by Gasteiger charge is 2.25. The third-order valence-electron chi connectivity index (χ3n) is 2.81. The van der Waals surface area contributed by atoms with Gasteiger partial charge in [0, 0.05) is 4.47 Å². The number of rotatable bonds is 3. The molecule has 0 saturated carbocycles. The van der Waals surface area contributed by atoms with Crippen molar-refractivity contribution >= 4 is 37.6 Å². The summed E-state index contributed by atoms with van der Waals surface area (Å²) < 4.78 is 15.0. The lowest BCUT2D eigenvalue weighted by Crippen LogP contribution is -2.13. The van der Waals surface area contributed by atoms with Crippen molar-refractivity contribution in [2.45, 2.75) is 5.92 Å². The summed E-state index contributed by atoms with van der Waals surface area (Å²) in [6.07, 6.45) is 0. The van der Waals surface area contributed by atoms with Crippen molar-refractivity contribution in [2.24, 2.45) is 0 Å². The normalized spacial score (nSPS) is 11.7. The number of benzene rings is 2. The van der Waals surface area contributed by atoms with Crippen molar-refractivity contribution in [3.05, 3.63) is 68.4 Å².